The molecule has 3 aliphatic carbocycles. The minimum atomic E-state index is -0.903. The van der Waals surface area contributed by atoms with E-state index < -0.39 is 11.9 Å². The smallest absolute Gasteiger partial charge is 0.337 e. The summed E-state index contributed by atoms with van der Waals surface area (Å²) >= 11 is 3.62. The molecule has 8 nitrogen and oxygen atoms in total. The first kappa shape index (κ1) is 36.9. The molecule has 55 heavy (non-hydrogen) atoms. The Labute approximate surface area is 330 Å². The molecule has 0 spiro atoms. The lowest BCUT2D eigenvalue weighted by Crippen LogP contribution is -2.07. The van der Waals surface area contributed by atoms with E-state index in [0.29, 0.717) is 53.1 Å². The lowest BCUT2D eigenvalue weighted by atomic mass is 9.88. The maximum Gasteiger partial charge on any atom is 0.337 e. The first-order chi connectivity index (χ1) is 26.6. The largest absolute Gasteiger partial charge is 0.478 e. The maximum absolute atomic E-state index is 11.9. The number of allylic oxidation sites excluding steroid dienone is 1. The van der Waals surface area contributed by atoms with E-state index in [1.54, 1.807) is 6.07 Å². The van der Waals surface area contributed by atoms with Crippen LogP contribution in [-0.2, 0) is 26.9 Å². The predicted octanol–water partition coefficient (Wildman–Crippen LogP) is 10.8. The zero-order chi connectivity index (χ0) is 38.2. The van der Waals surface area contributed by atoms with Crippen LogP contribution in [0.25, 0.3) is 27.9 Å². The standard InChI is InChI=1S/C27H30N2O2.C19H17BrN2O2/c1-29-12-11-22-14-19(13-21(26(22)29)8-7-18-5-3-2-4-6-18)15-25-24(27(30)31)16-23(17-28-25)20-9-10-20;1-22-5-4-13-6-11(7-16(20)18(13)22)8-17-15(19(23)24)9-14(10-21-17)12-2-3-12/h7-8,11-14,16-18,20H,2-6,9-10,15H2,1H3,(H,30,31);4-7,9-10,12H,2-3,8H2,1H3,(H,23,24)/b8-7+;. The van der Waals surface area contributed by atoms with Gasteiger partial charge in [-0.3, -0.25) is 9.97 Å². The zero-order valence-electron chi connectivity index (χ0n) is 31.5. The number of carbonyl (C=O) groups is 2. The van der Waals surface area contributed by atoms with E-state index in [1.807, 2.05) is 37.8 Å². The number of benzene rings is 2. The number of carboxylic acids is 2. The normalized spacial score (nSPS) is 16.1. The number of rotatable bonds is 10. The molecular formula is C46H47BrN4O4. The van der Waals surface area contributed by atoms with Crippen LogP contribution in [0.5, 0.6) is 0 Å². The van der Waals surface area contributed by atoms with Crippen molar-refractivity contribution in [2.75, 3.05) is 0 Å². The topological polar surface area (TPSA) is 110 Å². The Balaban J connectivity index is 0.000000160. The minimum Gasteiger partial charge on any atom is -0.478 e. The van der Waals surface area contributed by atoms with Crippen LogP contribution in [0, 0.1) is 5.92 Å². The third-order valence-electron chi connectivity index (χ3n) is 11.5. The highest BCUT2D eigenvalue weighted by Gasteiger charge is 2.27. The van der Waals surface area contributed by atoms with Gasteiger partial charge in [-0.1, -0.05) is 31.4 Å². The first-order valence-corrected chi connectivity index (χ1v) is 20.3. The van der Waals surface area contributed by atoms with Crippen LogP contribution in [0.15, 0.2) is 83.9 Å². The molecule has 6 aromatic rings. The van der Waals surface area contributed by atoms with Gasteiger partial charge in [0.25, 0.3) is 0 Å². The van der Waals surface area contributed by atoms with Crippen molar-refractivity contribution in [3.63, 3.8) is 0 Å². The number of hydrogen-bond acceptors (Lipinski definition) is 4. The van der Waals surface area contributed by atoms with Gasteiger partial charge in [-0.15, -0.1) is 0 Å². The summed E-state index contributed by atoms with van der Waals surface area (Å²) < 4.78 is 5.24. The summed E-state index contributed by atoms with van der Waals surface area (Å²) in [5, 5.41) is 21.6. The molecular weight excluding hydrogens is 752 g/mol. The van der Waals surface area contributed by atoms with E-state index in [2.05, 4.69) is 90.8 Å². The average molecular weight is 800 g/mol. The summed E-state index contributed by atoms with van der Waals surface area (Å²) in [5.41, 5.74) is 9.78. The lowest BCUT2D eigenvalue weighted by Gasteiger charge is -2.18. The molecule has 3 aliphatic rings. The molecule has 0 bridgehead atoms. The van der Waals surface area contributed by atoms with Gasteiger partial charge in [-0.05, 0) is 149 Å². The number of halogens is 1. The molecule has 0 amide bonds. The Morgan fingerprint density at radius 2 is 1.22 bits per heavy atom. The van der Waals surface area contributed by atoms with Crippen molar-refractivity contribution in [1.82, 2.24) is 19.1 Å². The fourth-order valence-corrected chi connectivity index (χ4v) is 9.03. The number of pyridine rings is 2. The van der Waals surface area contributed by atoms with Gasteiger partial charge in [0.2, 0.25) is 0 Å². The van der Waals surface area contributed by atoms with Gasteiger partial charge >= 0.3 is 11.9 Å². The monoisotopic (exact) mass is 798 g/mol. The molecule has 3 fully saturated rings. The highest BCUT2D eigenvalue weighted by Crippen LogP contribution is 2.41. The molecule has 2 N–H and O–H groups in total. The van der Waals surface area contributed by atoms with Crippen molar-refractivity contribution in [2.45, 2.75) is 82.5 Å². The molecule has 4 heterocycles. The second-order valence-electron chi connectivity index (χ2n) is 15.8. The average Bonchev–Trinajstić information content (AvgIpc) is 4.12. The van der Waals surface area contributed by atoms with Crippen LogP contribution >= 0.6 is 15.9 Å². The van der Waals surface area contributed by atoms with Gasteiger partial charge in [0, 0.05) is 67.0 Å². The number of nitrogens with zero attached hydrogens (tertiary/aromatic N) is 4. The molecule has 3 saturated carbocycles. The Morgan fingerprint density at radius 3 is 1.75 bits per heavy atom. The Morgan fingerprint density at radius 1 is 0.709 bits per heavy atom. The van der Waals surface area contributed by atoms with E-state index in [4.69, 9.17) is 0 Å². The zero-order valence-corrected chi connectivity index (χ0v) is 33.1. The SMILES string of the molecule is Cn1ccc2cc(Cc3ncc(C4CC4)cc3C(=O)O)cc(/C=C/C3CCCCC3)c21.Cn1ccc2cc(Cc3ncc(C4CC4)cc3C(=O)O)cc(Br)c21. The van der Waals surface area contributed by atoms with E-state index in [0.717, 1.165) is 63.3 Å². The van der Waals surface area contributed by atoms with E-state index >= 15 is 0 Å². The quantitative estimate of drug-likeness (QED) is 0.143. The highest BCUT2D eigenvalue weighted by molar-refractivity contribution is 9.10. The number of aryl methyl sites for hydroxylation is 2. The van der Waals surface area contributed by atoms with E-state index in [9.17, 15) is 19.8 Å². The Kier molecular flexibility index (Phi) is 10.5. The molecule has 2 aromatic carbocycles. The number of hydrogen-bond donors (Lipinski definition) is 2. The maximum atomic E-state index is 11.9. The van der Waals surface area contributed by atoms with Crippen molar-refractivity contribution in [3.8, 4) is 0 Å². The first-order valence-electron chi connectivity index (χ1n) is 19.5. The van der Waals surface area contributed by atoms with Crippen LogP contribution in [-0.4, -0.2) is 41.3 Å². The van der Waals surface area contributed by atoms with Crippen LogP contribution in [0.1, 0.15) is 130 Å². The third kappa shape index (κ3) is 8.32. The van der Waals surface area contributed by atoms with Gasteiger partial charge in [-0.2, -0.15) is 0 Å². The van der Waals surface area contributed by atoms with Gasteiger partial charge < -0.3 is 19.3 Å². The number of fused-ring (bicyclic) bond motifs is 2. The fourth-order valence-electron chi connectivity index (χ4n) is 8.22. The molecule has 0 saturated heterocycles. The fraction of sp³-hybridized carbons (Fsp3) is 0.348. The number of aromatic nitrogens is 4. The predicted molar refractivity (Wildman–Crippen MR) is 221 cm³/mol. The molecule has 0 aliphatic heterocycles. The van der Waals surface area contributed by atoms with Gasteiger partial charge in [0.05, 0.1) is 33.5 Å². The summed E-state index contributed by atoms with van der Waals surface area (Å²) in [4.78, 5) is 32.6. The number of aromatic carboxylic acids is 2. The second kappa shape index (κ2) is 15.6. The molecule has 282 valence electrons. The molecule has 0 unspecified atom stereocenters. The van der Waals surface area contributed by atoms with Crippen molar-refractivity contribution in [1.29, 1.82) is 0 Å². The highest BCUT2D eigenvalue weighted by atomic mass is 79.9. The van der Waals surface area contributed by atoms with Gasteiger partial charge in [-0.25, -0.2) is 9.59 Å². The van der Waals surface area contributed by atoms with Crippen LogP contribution in [0.4, 0.5) is 0 Å². The third-order valence-corrected chi connectivity index (χ3v) is 12.1. The Hall–Kier alpha value is -5.02. The Bertz CT molecular complexity index is 2450. The second-order valence-corrected chi connectivity index (χ2v) is 16.6. The van der Waals surface area contributed by atoms with Gasteiger partial charge in [0.1, 0.15) is 0 Å². The summed E-state index contributed by atoms with van der Waals surface area (Å²) in [6.07, 6.45) is 24.7. The molecule has 0 radical (unpaired) electrons. The van der Waals surface area contributed by atoms with Crippen LogP contribution in [0.2, 0.25) is 0 Å². The molecule has 9 heteroatoms. The van der Waals surface area contributed by atoms with E-state index in [-0.39, 0.29) is 0 Å². The molecule has 9 rings (SSSR count). The van der Waals surface area contributed by atoms with Crippen molar-refractivity contribution in [2.24, 2.45) is 20.0 Å². The summed E-state index contributed by atoms with van der Waals surface area (Å²) in [6, 6.07) is 16.4. The number of carboxylic acid groups (broad SMARTS) is 2. The summed E-state index contributed by atoms with van der Waals surface area (Å²) in [5.74, 6) is -0.123. The van der Waals surface area contributed by atoms with Crippen molar-refractivity contribution < 1.29 is 19.8 Å². The van der Waals surface area contributed by atoms with Gasteiger partial charge in [0.15, 0.2) is 0 Å². The van der Waals surface area contributed by atoms with Crippen molar-refractivity contribution >= 4 is 55.8 Å². The summed E-state index contributed by atoms with van der Waals surface area (Å²) in [7, 11) is 4.09. The van der Waals surface area contributed by atoms with Crippen LogP contribution < -0.4 is 0 Å². The lowest BCUT2D eigenvalue weighted by molar-refractivity contribution is 0.0684. The molecule has 0 atom stereocenters. The van der Waals surface area contributed by atoms with E-state index in [1.165, 1.54) is 48.6 Å². The minimum absolute atomic E-state index is 0.323. The summed E-state index contributed by atoms with van der Waals surface area (Å²) in [6.45, 7) is 0. The van der Waals surface area contributed by atoms with Crippen molar-refractivity contribution in [3.05, 3.63) is 134 Å². The van der Waals surface area contributed by atoms with Crippen LogP contribution in [0.3, 0.4) is 0 Å². The molecule has 4 aromatic heterocycles.